The van der Waals surface area contributed by atoms with Crippen LogP contribution >= 0.6 is 0 Å². The second-order valence-electron chi connectivity index (χ2n) is 6.51. The van der Waals surface area contributed by atoms with Gasteiger partial charge in [-0.05, 0) is 32.1 Å². The average Bonchev–Trinajstić information content (AvgIpc) is 2.97. The number of aliphatic hydroxyl groups is 1. The van der Waals surface area contributed by atoms with Crippen molar-refractivity contribution in [3.8, 4) is 0 Å². The minimum absolute atomic E-state index is 0.0329. The van der Waals surface area contributed by atoms with E-state index in [4.69, 9.17) is 4.74 Å². The quantitative estimate of drug-likeness (QED) is 0.632. The van der Waals surface area contributed by atoms with E-state index < -0.39 is 0 Å². The fourth-order valence-electron chi connectivity index (χ4n) is 3.42. The molecule has 0 saturated heterocycles. The molecular formula is C16H30N2O3. The molecular weight excluding hydrogens is 268 g/mol. The van der Waals surface area contributed by atoms with Crippen LogP contribution in [0.2, 0.25) is 0 Å². The Labute approximate surface area is 127 Å². The van der Waals surface area contributed by atoms with E-state index >= 15 is 0 Å². The van der Waals surface area contributed by atoms with Crippen molar-refractivity contribution in [2.45, 2.75) is 75.9 Å². The first-order valence-corrected chi connectivity index (χ1v) is 8.53. The topological polar surface area (TPSA) is 70.6 Å². The maximum atomic E-state index is 11.9. The third-order valence-electron chi connectivity index (χ3n) is 4.75. The van der Waals surface area contributed by atoms with E-state index in [2.05, 4.69) is 10.6 Å². The molecule has 0 aromatic heterocycles. The van der Waals surface area contributed by atoms with Crippen LogP contribution in [0.5, 0.6) is 0 Å². The summed E-state index contributed by atoms with van der Waals surface area (Å²) in [5.41, 5.74) is -0.386. The number of hydrogen-bond acceptors (Lipinski definition) is 3. The monoisotopic (exact) mass is 298 g/mol. The van der Waals surface area contributed by atoms with Gasteiger partial charge in [0, 0.05) is 13.2 Å². The lowest BCUT2D eigenvalue weighted by molar-refractivity contribution is 0.0275. The molecule has 0 atom stereocenters. The first kappa shape index (κ1) is 16.6. The third kappa shape index (κ3) is 5.47. The van der Waals surface area contributed by atoms with Crippen LogP contribution in [0.15, 0.2) is 0 Å². The molecule has 5 nitrogen and oxygen atoms in total. The molecule has 5 heteroatoms. The Bertz CT molecular complexity index is 311. The average molecular weight is 298 g/mol. The number of nitrogens with one attached hydrogen (secondary N) is 2. The number of ether oxygens (including phenoxy) is 1. The van der Waals surface area contributed by atoms with Crippen molar-refractivity contribution in [1.29, 1.82) is 0 Å². The minimum Gasteiger partial charge on any atom is -0.394 e. The van der Waals surface area contributed by atoms with Gasteiger partial charge >= 0.3 is 6.03 Å². The molecule has 2 aliphatic carbocycles. The Morgan fingerprint density at radius 1 is 1.14 bits per heavy atom. The Balaban J connectivity index is 1.52. The summed E-state index contributed by atoms with van der Waals surface area (Å²) in [6, 6.07) is -0.163. The van der Waals surface area contributed by atoms with Gasteiger partial charge in [0.2, 0.25) is 0 Å². The summed E-state index contributed by atoms with van der Waals surface area (Å²) in [4.78, 5) is 11.9. The highest BCUT2D eigenvalue weighted by Crippen LogP contribution is 2.28. The van der Waals surface area contributed by atoms with E-state index in [1.54, 1.807) is 0 Å². The molecule has 0 aromatic carbocycles. The van der Waals surface area contributed by atoms with Gasteiger partial charge in [-0.15, -0.1) is 0 Å². The van der Waals surface area contributed by atoms with Gasteiger partial charge in [0.25, 0.3) is 0 Å². The second-order valence-corrected chi connectivity index (χ2v) is 6.51. The fraction of sp³-hybridized carbons (Fsp3) is 0.938. The van der Waals surface area contributed by atoms with Gasteiger partial charge in [-0.25, -0.2) is 4.79 Å². The third-order valence-corrected chi connectivity index (χ3v) is 4.75. The number of hydrogen-bond donors (Lipinski definition) is 3. The smallest absolute Gasteiger partial charge is 0.315 e. The van der Waals surface area contributed by atoms with Crippen molar-refractivity contribution >= 4 is 6.03 Å². The Kier molecular flexibility index (Phi) is 6.77. The van der Waals surface area contributed by atoms with Gasteiger partial charge in [0.15, 0.2) is 0 Å². The highest BCUT2D eigenvalue weighted by atomic mass is 16.5. The number of carbonyl (C=O) groups excluding carboxylic acids is 1. The van der Waals surface area contributed by atoms with E-state index in [9.17, 15) is 9.90 Å². The van der Waals surface area contributed by atoms with E-state index in [1.165, 1.54) is 32.1 Å². The molecule has 2 aliphatic rings. The number of aliphatic hydroxyl groups excluding tert-OH is 1. The van der Waals surface area contributed by atoms with Gasteiger partial charge in [-0.2, -0.15) is 0 Å². The zero-order valence-corrected chi connectivity index (χ0v) is 13.0. The van der Waals surface area contributed by atoms with Gasteiger partial charge in [-0.3, -0.25) is 0 Å². The van der Waals surface area contributed by atoms with E-state index in [-0.39, 0.29) is 18.2 Å². The van der Waals surface area contributed by atoms with Crippen LogP contribution in [-0.2, 0) is 4.74 Å². The zero-order valence-electron chi connectivity index (χ0n) is 13.0. The van der Waals surface area contributed by atoms with Gasteiger partial charge < -0.3 is 20.5 Å². The maximum absolute atomic E-state index is 11.9. The van der Waals surface area contributed by atoms with Crippen molar-refractivity contribution in [2.75, 3.05) is 19.8 Å². The van der Waals surface area contributed by atoms with Crippen LogP contribution in [0, 0.1) is 0 Å². The number of amides is 2. The molecule has 2 fully saturated rings. The summed E-state index contributed by atoms with van der Waals surface area (Å²) in [5.74, 6) is 0. The Morgan fingerprint density at radius 3 is 2.52 bits per heavy atom. The van der Waals surface area contributed by atoms with Crippen molar-refractivity contribution in [2.24, 2.45) is 0 Å². The van der Waals surface area contributed by atoms with Crippen molar-refractivity contribution < 1.29 is 14.6 Å². The summed E-state index contributed by atoms with van der Waals surface area (Å²) >= 11 is 0. The number of rotatable bonds is 7. The van der Waals surface area contributed by atoms with Gasteiger partial charge in [0.1, 0.15) is 0 Å². The number of carbonyl (C=O) groups is 1. The van der Waals surface area contributed by atoms with E-state index in [0.29, 0.717) is 12.6 Å². The molecule has 0 radical (unpaired) electrons. The minimum atomic E-state index is -0.386. The Morgan fingerprint density at radius 2 is 1.86 bits per heavy atom. The second kappa shape index (κ2) is 8.59. The summed E-state index contributed by atoms with van der Waals surface area (Å²) in [6.07, 6.45) is 11.5. The maximum Gasteiger partial charge on any atom is 0.315 e. The van der Waals surface area contributed by atoms with Crippen LogP contribution in [0.4, 0.5) is 4.79 Å². The first-order valence-electron chi connectivity index (χ1n) is 8.53. The molecule has 0 bridgehead atoms. The molecule has 2 amide bonds. The molecule has 3 N–H and O–H groups in total. The molecule has 0 spiro atoms. The zero-order chi connectivity index (χ0) is 15.0. The normalized spacial score (nSPS) is 22.1. The number of urea groups is 1. The summed E-state index contributed by atoms with van der Waals surface area (Å²) in [5, 5.41) is 15.3. The SMILES string of the molecule is O=C(NCCCOC1CCCCC1)NC1(CO)CCCC1. The highest BCUT2D eigenvalue weighted by molar-refractivity contribution is 5.74. The molecule has 21 heavy (non-hydrogen) atoms. The van der Waals surface area contributed by atoms with E-state index in [1.807, 2.05) is 0 Å². The summed E-state index contributed by atoms with van der Waals surface area (Å²) in [7, 11) is 0. The van der Waals surface area contributed by atoms with Crippen LogP contribution in [0.25, 0.3) is 0 Å². The fourth-order valence-corrected chi connectivity index (χ4v) is 3.42. The molecule has 2 saturated carbocycles. The van der Waals surface area contributed by atoms with Crippen molar-refractivity contribution in [3.05, 3.63) is 0 Å². The molecule has 0 aliphatic heterocycles. The Hall–Kier alpha value is -0.810. The van der Waals surface area contributed by atoms with Gasteiger partial charge in [0.05, 0.1) is 18.2 Å². The largest absolute Gasteiger partial charge is 0.394 e. The summed E-state index contributed by atoms with van der Waals surface area (Å²) < 4.78 is 5.83. The van der Waals surface area contributed by atoms with E-state index in [0.717, 1.165) is 38.7 Å². The lowest BCUT2D eigenvalue weighted by atomic mass is 9.98. The highest BCUT2D eigenvalue weighted by Gasteiger charge is 2.34. The predicted molar refractivity (Wildman–Crippen MR) is 82.3 cm³/mol. The molecule has 0 unspecified atom stereocenters. The van der Waals surface area contributed by atoms with Crippen molar-refractivity contribution in [3.63, 3.8) is 0 Å². The van der Waals surface area contributed by atoms with Crippen LogP contribution in [-0.4, -0.2) is 42.5 Å². The van der Waals surface area contributed by atoms with Crippen LogP contribution in [0.1, 0.15) is 64.2 Å². The standard InChI is InChI=1S/C16H30N2O3/c19-13-16(9-4-5-10-16)18-15(20)17-11-6-12-21-14-7-2-1-3-8-14/h14,19H,1-13H2,(H2,17,18,20). The van der Waals surface area contributed by atoms with Crippen molar-refractivity contribution in [1.82, 2.24) is 10.6 Å². The van der Waals surface area contributed by atoms with Crippen LogP contribution in [0.3, 0.4) is 0 Å². The molecule has 2 rings (SSSR count). The van der Waals surface area contributed by atoms with Crippen LogP contribution < -0.4 is 10.6 Å². The summed E-state index contributed by atoms with van der Waals surface area (Å²) in [6.45, 7) is 1.38. The lowest BCUT2D eigenvalue weighted by Gasteiger charge is -2.28. The predicted octanol–water partition coefficient (Wildman–Crippen LogP) is 2.33. The first-order chi connectivity index (χ1) is 10.2. The van der Waals surface area contributed by atoms with Gasteiger partial charge in [-0.1, -0.05) is 32.1 Å². The molecule has 0 heterocycles. The molecule has 122 valence electrons. The molecule has 0 aromatic rings. The lowest BCUT2D eigenvalue weighted by Crippen LogP contribution is -2.53.